The molecule has 2 amide bonds. The average molecular weight is 304 g/mol. The summed E-state index contributed by atoms with van der Waals surface area (Å²) in [5.74, 6) is 0.374. The van der Waals surface area contributed by atoms with Crippen molar-refractivity contribution in [1.29, 1.82) is 0 Å². The van der Waals surface area contributed by atoms with Gasteiger partial charge in [0.05, 0.1) is 7.11 Å². The highest BCUT2D eigenvalue weighted by atomic mass is 16.6. The molecule has 118 valence electrons. The standard InChI is InChI=1S/C16H20N2O4/c1-10(22-16(20)18-11(2)19)4-5-12-9-17-15-7-6-13(21-3)8-14(12)15/h6-10,17H,4-5H2,1-3H3,(H,18,19,20). The summed E-state index contributed by atoms with van der Waals surface area (Å²) >= 11 is 0. The largest absolute Gasteiger partial charge is 0.497 e. The summed E-state index contributed by atoms with van der Waals surface area (Å²) in [6.07, 6.45) is 2.37. The van der Waals surface area contributed by atoms with Crippen molar-refractivity contribution in [3.8, 4) is 5.75 Å². The Bertz CT molecular complexity index is 678. The highest BCUT2D eigenvalue weighted by Crippen LogP contribution is 2.24. The Kier molecular flexibility index (Phi) is 5.04. The number of methoxy groups -OCH3 is 1. The molecule has 0 spiro atoms. The van der Waals surface area contributed by atoms with Crippen LogP contribution in [0.25, 0.3) is 10.9 Å². The number of aromatic nitrogens is 1. The number of hydrogen-bond donors (Lipinski definition) is 2. The molecule has 2 N–H and O–H groups in total. The summed E-state index contributed by atoms with van der Waals surface area (Å²) in [7, 11) is 1.64. The fraction of sp³-hybridized carbons (Fsp3) is 0.375. The number of nitrogens with one attached hydrogen (secondary N) is 2. The second kappa shape index (κ2) is 6.98. The Balaban J connectivity index is 1.96. The molecule has 0 bridgehead atoms. The van der Waals surface area contributed by atoms with Gasteiger partial charge in [0.1, 0.15) is 11.9 Å². The first-order chi connectivity index (χ1) is 10.5. The van der Waals surface area contributed by atoms with E-state index >= 15 is 0 Å². The minimum atomic E-state index is -0.708. The molecule has 22 heavy (non-hydrogen) atoms. The average Bonchev–Trinajstić information content (AvgIpc) is 2.86. The lowest BCUT2D eigenvalue weighted by Crippen LogP contribution is -2.31. The van der Waals surface area contributed by atoms with Crippen molar-refractivity contribution in [1.82, 2.24) is 10.3 Å². The molecule has 6 heteroatoms. The number of amides is 2. The Hall–Kier alpha value is -2.50. The quantitative estimate of drug-likeness (QED) is 0.890. The van der Waals surface area contributed by atoms with Crippen LogP contribution in [0.1, 0.15) is 25.8 Å². The van der Waals surface area contributed by atoms with Gasteiger partial charge < -0.3 is 14.5 Å². The third kappa shape index (κ3) is 4.00. The van der Waals surface area contributed by atoms with E-state index in [-0.39, 0.29) is 6.10 Å². The van der Waals surface area contributed by atoms with E-state index < -0.39 is 12.0 Å². The Morgan fingerprint density at radius 2 is 2.14 bits per heavy atom. The molecule has 0 fully saturated rings. The van der Waals surface area contributed by atoms with Crippen LogP contribution in [0.5, 0.6) is 5.75 Å². The van der Waals surface area contributed by atoms with Gasteiger partial charge in [-0.1, -0.05) is 0 Å². The van der Waals surface area contributed by atoms with Gasteiger partial charge in [-0.3, -0.25) is 10.1 Å². The summed E-state index contributed by atoms with van der Waals surface area (Å²) in [4.78, 5) is 25.3. The molecule has 1 heterocycles. The first-order valence-corrected chi connectivity index (χ1v) is 7.11. The molecule has 0 aliphatic carbocycles. The van der Waals surface area contributed by atoms with E-state index in [0.717, 1.165) is 28.6 Å². The lowest BCUT2D eigenvalue weighted by molar-refractivity contribution is -0.118. The monoisotopic (exact) mass is 304 g/mol. The molecule has 0 saturated heterocycles. The van der Waals surface area contributed by atoms with Crippen molar-refractivity contribution in [3.63, 3.8) is 0 Å². The van der Waals surface area contributed by atoms with Gasteiger partial charge in [-0.15, -0.1) is 0 Å². The van der Waals surface area contributed by atoms with Crippen LogP contribution >= 0.6 is 0 Å². The molecule has 0 aliphatic heterocycles. The van der Waals surface area contributed by atoms with Gasteiger partial charge in [0, 0.05) is 24.0 Å². The van der Waals surface area contributed by atoms with Crippen LogP contribution in [0.4, 0.5) is 4.79 Å². The summed E-state index contributed by atoms with van der Waals surface area (Å²) < 4.78 is 10.3. The molecule has 0 radical (unpaired) electrons. The molecule has 6 nitrogen and oxygen atoms in total. The summed E-state index contributed by atoms with van der Waals surface area (Å²) in [5, 5.41) is 3.19. The van der Waals surface area contributed by atoms with Crippen molar-refractivity contribution in [3.05, 3.63) is 30.0 Å². The second-order valence-corrected chi connectivity index (χ2v) is 5.16. The zero-order valence-electron chi connectivity index (χ0n) is 12.9. The normalized spacial score (nSPS) is 12.0. The van der Waals surface area contributed by atoms with Gasteiger partial charge in [0.15, 0.2) is 0 Å². The topological polar surface area (TPSA) is 80.4 Å². The van der Waals surface area contributed by atoms with E-state index in [9.17, 15) is 9.59 Å². The van der Waals surface area contributed by atoms with E-state index in [0.29, 0.717) is 6.42 Å². The maximum absolute atomic E-state index is 11.3. The van der Waals surface area contributed by atoms with Gasteiger partial charge in [-0.2, -0.15) is 0 Å². The lowest BCUT2D eigenvalue weighted by atomic mass is 10.1. The van der Waals surface area contributed by atoms with Crippen molar-refractivity contribution < 1.29 is 19.1 Å². The minimum absolute atomic E-state index is 0.282. The predicted molar refractivity (Wildman–Crippen MR) is 82.9 cm³/mol. The molecule has 0 saturated carbocycles. The minimum Gasteiger partial charge on any atom is -0.497 e. The number of carbonyl (C=O) groups is 2. The molecular formula is C16H20N2O4. The number of aryl methyl sites for hydroxylation is 1. The number of rotatable bonds is 5. The van der Waals surface area contributed by atoms with Gasteiger partial charge in [-0.05, 0) is 43.5 Å². The number of hydrogen-bond acceptors (Lipinski definition) is 4. The Morgan fingerprint density at radius 1 is 1.36 bits per heavy atom. The van der Waals surface area contributed by atoms with E-state index in [1.807, 2.05) is 24.4 Å². The van der Waals surface area contributed by atoms with Crippen molar-refractivity contribution in [2.75, 3.05) is 7.11 Å². The number of alkyl carbamates (subject to hydrolysis) is 1. The van der Waals surface area contributed by atoms with Gasteiger partial charge in [-0.25, -0.2) is 4.79 Å². The van der Waals surface area contributed by atoms with E-state index in [1.54, 1.807) is 14.0 Å². The summed E-state index contributed by atoms with van der Waals surface area (Å²) in [6, 6.07) is 5.85. The van der Waals surface area contributed by atoms with Crippen LogP contribution in [0.2, 0.25) is 0 Å². The smallest absolute Gasteiger partial charge is 0.414 e. The summed E-state index contributed by atoms with van der Waals surface area (Å²) in [5.41, 5.74) is 2.18. The molecule has 2 aromatic rings. The number of benzene rings is 1. The first kappa shape index (κ1) is 15.9. The zero-order valence-corrected chi connectivity index (χ0v) is 12.9. The van der Waals surface area contributed by atoms with Crippen molar-refractivity contribution in [2.24, 2.45) is 0 Å². The number of carbonyl (C=O) groups excluding carboxylic acids is 2. The van der Waals surface area contributed by atoms with E-state index in [1.165, 1.54) is 6.92 Å². The molecule has 1 aromatic heterocycles. The zero-order chi connectivity index (χ0) is 16.1. The maximum atomic E-state index is 11.3. The third-order valence-corrected chi connectivity index (χ3v) is 3.38. The Morgan fingerprint density at radius 3 is 2.82 bits per heavy atom. The van der Waals surface area contributed by atoms with Crippen LogP contribution in [-0.4, -0.2) is 30.2 Å². The van der Waals surface area contributed by atoms with Crippen molar-refractivity contribution >= 4 is 22.9 Å². The van der Waals surface area contributed by atoms with Crippen molar-refractivity contribution in [2.45, 2.75) is 32.8 Å². The number of ether oxygens (including phenoxy) is 2. The SMILES string of the molecule is COc1ccc2[nH]cc(CCC(C)OC(=O)NC(C)=O)c2c1. The van der Waals surface area contributed by atoms with Gasteiger partial charge >= 0.3 is 6.09 Å². The maximum Gasteiger partial charge on any atom is 0.414 e. The van der Waals surface area contributed by atoms with Gasteiger partial charge in [0.2, 0.25) is 5.91 Å². The van der Waals surface area contributed by atoms with Crippen LogP contribution in [0, 0.1) is 0 Å². The number of imide groups is 1. The molecule has 1 unspecified atom stereocenters. The molecule has 1 aromatic carbocycles. The molecule has 0 aliphatic rings. The summed E-state index contributed by atoms with van der Waals surface area (Å²) in [6.45, 7) is 3.07. The third-order valence-electron chi connectivity index (χ3n) is 3.38. The van der Waals surface area contributed by atoms with Crippen LogP contribution < -0.4 is 10.1 Å². The molecular weight excluding hydrogens is 284 g/mol. The molecule has 2 rings (SSSR count). The fourth-order valence-corrected chi connectivity index (χ4v) is 2.26. The lowest BCUT2D eigenvalue weighted by Gasteiger charge is -2.12. The van der Waals surface area contributed by atoms with Crippen LogP contribution in [0.3, 0.4) is 0 Å². The highest BCUT2D eigenvalue weighted by molar-refractivity contribution is 5.90. The predicted octanol–water partition coefficient (Wildman–Crippen LogP) is 2.77. The van der Waals surface area contributed by atoms with Gasteiger partial charge in [0.25, 0.3) is 0 Å². The molecule has 1 atom stereocenters. The van der Waals surface area contributed by atoms with Crippen LogP contribution in [0.15, 0.2) is 24.4 Å². The number of H-pyrrole nitrogens is 1. The van der Waals surface area contributed by atoms with Crippen LogP contribution in [-0.2, 0) is 16.0 Å². The Labute approximate surface area is 128 Å². The number of aromatic amines is 1. The van der Waals surface area contributed by atoms with E-state index in [4.69, 9.17) is 9.47 Å². The number of fused-ring (bicyclic) bond motifs is 1. The second-order valence-electron chi connectivity index (χ2n) is 5.16. The fourth-order valence-electron chi connectivity index (χ4n) is 2.26. The first-order valence-electron chi connectivity index (χ1n) is 7.11. The highest BCUT2D eigenvalue weighted by Gasteiger charge is 2.12. The van der Waals surface area contributed by atoms with E-state index in [2.05, 4.69) is 10.3 Å².